The predicted octanol–water partition coefficient (Wildman–Crippen LogP) is 6.52. The van der Waals surface area contributed by atoms with Gasteiger partial charge in [-0.1, -0.05) is 49.4 Å². The Bertz CT molecular complexity index is 1460. The number of nitrogens with zero attached hydrogens (tertiary/aromatic N) is 1. The van der Waals surface area contributed by atoms with Crippen LogP contribution in [0.15, 0.2) is 75.5 Å². The van der Waals surface area contributed by atoms with Gasteiger partial charge < -0.3 is 9.15 Å². The molecule has 0 bridgehead atoms. The summed E-state index contributed by atoms with van der Waals surface area (Å²) >= 11 is 1.45. The van der Waals surface area contributed by atoms with E-state index in [9.17, 15) is 4.79 Å². The SMILES string of the molecule is CCc1cc2c(=O)c(-c3nc(C)cs3)coc2cc1OCc1cccc2ccccc12. The first-order chi connectivity index (χ1) is 15.1. The third-order valence-corrected chi connectivity index (χ3v) is 6.44. The molecule has 2 aromatic heterocycles. The molecule has 154 valence electrons. The predicted molar refractivity (Wildman–Crippen MR) is 126 cm³/mol. The number of rotatable bonds is 5. The third-order valence-electron chi connectivity index (χ3n) is 5.45. The minimum Gasteiger partial charge on any atom is -0.488 e. The lowest BCUT2D eigenvalue weighted by Crippen LogP contribution is -2.06. The average Bonchev–Trinajstić information content (AvgIpc) is 3.23. The Labute approximate surface area is 183 Å². The highest BCUT2D eigenvalue weighted by molar-refractivity contribution is 7.13. The summed E-state index contributed by atoms with van der Waals surface area (Å²) in [6.45, 7) is 4.42. The highest BCUT2D eigenvalue weighted by atomic mass is 32.1. The number of aryl methyl sites for hydroxylation is 2. The fourth-order valence-electron chi connectivity index (χ4n) is 3.81. The van der Waals surface area contributed by atoms with Gasteiger partial charge in [0.2, 0.25) is 5.43 Å². The third kappa shape index (κ3) is 3.62. The number of hydrogen-bond donors (Lipinski definition) is 0. The van der Waals surface area contributed by atoms with Crippen molar-refractivity contribution in [2.24, 2.45) is 0 Å². The molecule has 0 aliphatic carbocycles. The minimum atomic E-state index is -0.0640. The topological polar surface area (TPSA) is 52.3 Å². The summed E-state index contributed by atoms with van der Waals surface area (Å²) in [5.41, 5.74) is 3.95. The molecule has 5 heteroatoms. The van der Waals surface area contributed by atoms with Crippen LogP contribution in [0.2, 0.25) is 0 Å². The van der Waals surface area contributed by atoms with Crippen LogP contribution in [-0.4, -0.2) is 4.98 Å². The van der Waals surface area contributed by atoms with Gasteiger partial charge in [-0.05, 0) is 41.3 Å². The van der Waals surface area contributed by atoms with E-state index in [0.29, 0.717) is 28.1 Å². The molecule has 31 heavy (non-hydrogen) atoms. The van der Waals surface area contributed by atoms with Crippen LogP contribution in [0.3, 0.4) is 0 Å². The Hall–Kier alpha value is -3.44. The highest BCUT2D eigenvalue weighted by Crippen LogP contribution is 2.29. The van der Waals surface area contributed by atoms with Crippen molar-refractivity contribution in [1.29, 1.82) is 0 Å². The average molecular weight is 428 g/mol. The van der Waals surface area contributed by atoms with Crippen LogP contribution in [0, 0.1) is 6.92 Å². The summed E-state index contributed by atoms with van der Waals surface area (Å²) in [5.74, 6) is 0.740. The first kappa shape index (κ1) is 19.5. The van der Waals surface area contributed by atoms with Crippen molar-refractivity contribution in [1.82, 2.24) is 4.98 Å². The first-order valence-electron chi connectivity index (χ1n) is 10.2. The van der Waals surface area contributed by atoms with E-state index in [0.717, 1.165) is 29.0 Å². The monoisotopic (exact) mass is 427 g/mol. The normalized spacial score (nSPS) is 11.3. The maximum atomic E-state index is 13.1. The van der Waals surface area contributed by atoms with Crippen molar-refractivity contribution >= 4 is 33.1 Å². The molecule has 0 aliphatic rings. The van der Waals surface area contributed by atoms with Gasteiger partial charge in [0, 0.05) is 17.1 Å². The molecule has 0 fully saturated rings. The molecule has 0 unspecified atom stereocenters. The quantitative estimate of drug-likeness (QED) is 0.320. The van der Waals surface area contributed by atoms with Crippen molar-refractivity contribution < 1.29 is 9.15 Å². The fourth-order valence-corrected chi connectivity index (χ4v) is 4.61. The van der Waals surface area contributed by atoms with E-state index in [1.807, 2.05) is 42.6 Å². The maximum absolute atomic E-state index is 13.1. The lowest BCUT2D eigenvalue weighted by Gasteiger charge is -2.13. The summed E-state index contributed by atoms with van der Waals surface area (Å²) in [6, 6.07) is 18.2. The largest absolute Gasteiger partial charge is 0.488 e. The molecule has 0 N–H and O–H groups in total. The lowest BCUT2D eigenvalue weighted by atomic mass is 10.0. The summed E-state index contributed by atoms with van der Waals surface area (Å²) in [6.07, 6.45) is 2.25. The Morgan fingerprint density at radius 2 is 1.87 bits per heavy atom. The second kappa shape index (κ2) is 8.00. The number of hydrogen-bond acceptors (Lipinski definition) is 5. The van der Waals surface area contributed by atoms with E-state index >= 15 is 0 Å². The smallest absolute Gasteiger partial charge is 0.202 e. The van der Waals surface area contributed by atoms with Crippen molar-refractivity contribution in [3.8, 4) is 16.3 Å². The zero-order chi connectivity index (χ0) is 21.4. The zero-order valence-corrected chi connectivity index (χ0v) is 18.2. The van der Waals surface area contributed by atoms with E-state index in [-0.39, 0.29) is 5.43 Å². The van der Waals surface area contributed by atoms with Gasteiger partial charge in [0.05, 0.1) is 10.9 Å². The van der Waals surface area contributed by atoms with Crippen LogP contribution in [0.4, 0.5) is 0 Å². The van der Waals surface area contributed by atoms with E-state index in [1.165, 1.54) is 28.4 Å². The summed E-state index contributed by atoms with van der Waals surface area (Å²) in [7, 11) is 0. The van der Waals surface area contributed by atoms with Crippen molar-refractivity contribution in [2.45, 2.75) is 26.9 Å². The van der Waals surface area contributed by atoms with Crippen LogP contribution in [0.1, 0.15) is 23.7 Å². The molecule has 0 radical (unpaired) electrons. The van der Waals surface area contributed by atoms with Crippen molar-refractivity contribution in [3.63, 3.8) is 0 Å². The molecule has 0 saturated carbocycles. The first-order valence-corrected chi connectivity index (χ1v) is 11.1. The second-order valence-corrected chi connectivity index (χ2v) is 8.37. The molecular weight excluding hydrogens is 406 g/mol. The number of thiazole rings is 1. The summed E-state index contributed by atoms with van der Waals surface area (Å²) in [5, 5.41) is 5.54. The van der Waals surface area contributed by atoms with Crippen LogP contribution in [0.5, 0.6) is 5.75 Å². The van der Waals surface area contributed by atoms with Gasteiger partial charge in [-0.3, -0.25) is 4.79 Å². The Morgan fingerprint density at radius 1 is 1.03 bits per heavy atom. The molecule has 0 amide bonds. The Kier molecular flexibility index (Phi) is 5.04. The van der Waals surface area contributed by atoms with Gasteiger partial charge in [-0.25, -0.2) is 4.98 Å². The van der Waals surface area contributed by atoms with Crippen LogP contribution in [-0.2, 0) is 13.0 Å². The Balaban J connectivity index is 1.52. The van der Waals surface area contributed by atoms with Crippen LogP contribution < -0.4 is 10.2 Å². The molecule has 0 atom stereocenters. The molecule has 0 spiro atoms. The van der Waals surface area contributed by atoms with Crippen LogP contribution >= 0.6 is 11.3 Å². The van der Waals surface area contributed by atoms with E-state index < -0.39 is 0 Å². The van der Waals surface area contributed by atoms with Gasteiger partial charge in [-0.2, -0.15) is 0 Å². The molecule has 4 nitrogen and oxygen atoms in total. The Morgan fingerprint density at radius 3 is 2.68 bits per heavy atom. The minimum absolute atomic E-state index is 0.0640. The summed E-state index contributed by atoms with van der Waals surface area (Å²) in [4.78, 5) is 17.5. The van der Waals surface area contributed by atoms with Gasteiger partial charge in [-0.15, -0.1) is 11.3 Å². The molecular formula is C26H21NO3S. The van der Waals surface area contributed by atoms with Crippen molar-refractivity contribution in [2.75, 3.05) is 0 Å². The molecule has 0 aliphatic heterocycles. The molecule has 5 aromatic rings. The van der Waals surface area contributed by atoms with Gasteiger partial charge >= 0.3 is 0 Å². The zero-order valence-electron chi connectivity index (χ0n) is 17.3. The van der Waals surface area contributed by atoms with Gasteiger partial charge in [0.15, 0.2) is 0 Å². The summed E-state index contributed by atoms with van der Waals surface area (Å²) < 4.78 is 12.1. The lowest BCUT2D eigenvalue weighted by molar-refractivity contribution is 0.304. The maximum Gasteiger partial charge on any atom is 0.202 e. The second-order valence-electron chi connectivity index (χ2n) is 7.51. The highest BCUT2D eigenvalue weighted by Gasteiger charge is 2.15. The van der Waals surface area contributed by atoms with Gasteiger partial charge in [0.1, 0.15) is 29.2 Å². The van der Waals surface area contributed by atoms with E-state index in [1.54, 1.807) is 0 Å². The van der Waals surface area contributed by atoms with Gasteiger partial charge in [0.25, 0.3) is 0 Å². The van der Waals surface area contributed by atoms with E-state index in [4.69, 9.17) is 9.15 Å². The van der Waals surface area contributed by atoms with Crippen molar-refractivity contribution in [3.05, 3.63) is 93.3 Å². The fraction of sp³-hybridized carbons (Fsp3) is 0.154. The number of fused-ring (bicyclic) bond motifs is 2. The molecule has 0 saturated heterocycles. The number of ether oxygens (including phenoxy) is 1. The number of aromatic nitrogens is 1. The standard InChI is InChI=1S/C26H21NO3S/c1-3-17-11-21-24(30-14-22(25(21)28)26-27-16(2)15-31-26)12-23(17)29-13-19-9-6-8-18-7-4-5-10-20(18)19/h4-12,14-15H,3,13H2,1-2H3. The number of benzene rings is 3. The molecule has 3 aromatic carbocycles. The molecule has 5 rings (SSSR count). The van der Waals surface area contributed by atoms with E-state index in [2.05, 4.69) is 36.2 Å². The molecule has 2 heterocycles. The van der Waals surface area contributed by atoms with Crippen LogP contribution in [0.25, 0.3) is 32.3 Å².